The summed E-state index contributed by atoms with van der Waals surface area (Å²) in [4.78, 5) is 0. The molecule has 9 aromatic carbocycles. The minimum Gasteiger partial charge on any atom is -0.456 e. The molecule has 1 heterocycles. The Hall–Kier alpha value is -6.18. The zero-order valence-electron chi connectivity index (χ0n) is 50.5. The van der Waals surface area contributed by atoms with Gasteiger partial charge in [0.05, 0.1) is 37.0 Å². The van der Waals surface area contributed by atoms with E-state index in [0.717, 1.165) is 6.07 Å². The molecule has 1 nitrogen and oxygen atoms in total. The molecule has 10 rings (SSSR count). The molecule has 10 aromatic rings. The molecule has 0 radical (unpaired) electrons. The zero-order valence-corrected chi connectivity index (χ0v) is 23.5. The maximum absolute atomic E-state index is 9.86. The van der Waals surface area contributed by atoms with Crippen LogP contribution < -0.4 is 0 Å². The number of fused-ring (bicyclic) bond motifs is 7. The van der Waals surface area contributed by atoms with Crippen molar-refractivity contribution in [1.82, 2.24) is 0 Å². The van der Waals surface area contributed by atoms with Gasteiger partial charge in [-0.1, -0.05) is 145 Å². The summed E-state index contributed by atoms with van der Waals surface area (Å²) in [5, 5.41) is -5.71. The lowest BCUT2D eigenvalue weighted by molar-refractivity contribution is 0.669. The van der Waals surface area contributed by atoms with E-state index in [9.17, 15) is 15.1 Å². The zero-order chi connectivity index (χ0) is 54.4. The van der Waals surface area contributed by atoms with Crippen LogP contribution in [-0.2, 0) is 0 Å². The van der Waals surface area contributed by atoms with E-state index in [-0.39, 0.29) is 0 Å². The van der Waals surface area contributed by atoms with Crippen molar-refractivity contribution in [3.63, 3.8) is 0 Å². The van der Waals surface area contributed by atoms with Crippen molar-refractivity contribution in [2.75, 3.05) is 0 Å². The van der Waals surface area contributed by atoms with E-state index in [1.165, 1.54) is 0 Å². The minimum atomic E-state index is -0.987. The van der Waals surface area contributed by atoms with Crippen molar-refractivity contribution >= 4 is 65.0 Å². The molecule has 0 fully saturated rings. The van der Waals surface area contributed by atoms with Gasteiger partial charge >= 0.3 is 0 Å². The third kappa shape index (κ3) is 3.97. The highest BCUT2D eigenvalue weighted by Crippen LogP contribution is 2.47. The van der Waals surface area contributed by atoms with Gasteiger partial charge in [-0.05, 0) is 101 Å². The molecule has 0 aliphatic heterocycles. The van der Waals surface area contributed by atoms with Gasteiger partial charge in [0.25, 0.3) is 0 Å². The second kappa shape index (κ2) is 10.2. The lowest BCUT2D eigenvalue weighted by atomic mass is 9.83. The summed E-state index contributed by atoms with van der Waals surface area (Å²) in [6, 6.07) is -22.6. The standard InChI is InChI=1S/C46H28O/c1-2-12-29(13-3-1)33-23-24-40(35-17-7-6-16-34(33)35)46-38-20-10-8-18-36(38)45(37-19-9-11-21-39(37)46)32-22-25-43-41(27-32)42-26-30-14-4-5-15-31(30)28-44(42)47-43/h1-28H/i1D,2D,3D,4D,5D,6D,7D,8D,9D,10D,11D,12D,13D,14D,15D,16D,18D,19D,20D,21D,22D,23D,24D,25D,26D,27D,28D. The summed E-state index contributed by atoms with van der Waals surface area (Å²) in [6.45, 7) is 0. The summed E-state index contributed by atoms with van der Waals surface area (Å²) >= 11 is 0. The Morgan fingerprint density at radius 1 is 0.340 bits per heavy atom. The molecule has 0 saturated carbocycles. The van der Waals surface area contributed by atoms with Gasteiger partial charge in [0, 0.05) is 10.8 Å². The van der Waals surface area contributed by atoms with E-state index in [2.05, 4.69) is 0 Å². The molecule has 0 N–H and O–H groups in total. The summed E-state index contributed by atoms with van der Waals surface area (Å²) in [7, 11) is 0. The van der Waals surface area contributed by atoms with E-state index in [1.807, 2.05) is 0 Å². The van der Waals surface area contributed by atoms with E-state index < -0.39 is 262 Å². The predicted octanol–water partition coefficient (Wildman–Crippen LogP) is 13.2. The molecular formula is C46H28O. The Kier molecular flexibility index (Phi) is 2.37. The van der Waals surface area contributed by atoms with Crippen molar-refractivity contribution in [3.05, 3.63) is 169 Å². The molecule has 0 unspecified atom stereocenters. The van der Waals surface area contributed by atoms with Crippen molar-refractivity contribution < 1.29 is 41.4 Å². The number of furan rings is 1. The van der Waals surface area contributed by atoms with Crippen LogP contribution in [0.25, 0.3) is 98.4 Å². The molecule has 0 atom stereocenters. The summed E-state index contributed by atoms with van der Waals surface area (Å²) < 4.78 is 249. The first-order valence-corrected chi connectivity index (χ1v) is 14.0. The quantitative estimate of drug-likeness (QED) is 0.178. The third-order valence-corrected chi connectivity index (χ3v) is 7.84. The fourth-order valence-electron chi connectivity index (χ4n) is 5.86. The van der Waals surface area contributed by atoms with Crippen LogP contribution in [0, 0.1) is 0 Å². The highest BCUT2D eigenvalue weighted by atomic mass is 16.3. The van der Waals surface area contributed by atoms with Crippen molar-refractivity contribution in [2.45, 2.75) is 0 Å². The minimum absolute atomic E-state index is 0.441. The van der Waals surface area contributed by atoms with Crippen molar-refractivity contribution in [1.29, 1.82) is 0 Å². The van der Waals surface area contributed by atoms with E-state index in [0.29, 0.717) is 0 Å². The molecule has 0 aliphatic rings. The Bertz CT molecular complexity index is 4280. The van der Waals surface area contributed by atoms with Crippen LogP contribution in [0.15, 0.2) is 174 Å². The second-order valence-corrected chi connectivity index (χ2v) is 10.3. The molecule has 0 saturated heterocycles. The van der Waals surface area contributed by atoms with Crippen LogP contribution in [-0.4, -0.2) is 0 Å². The average Bonchev–Trinajstić information content (AvgIpc) is 3.79. The normalized spacial score (nSPS) is 19.9. The lowest BCUT2D eigenvalue weighted by Crippen LogP contribution is -1.92. The Morgan fingerprint density at radius 2 is 0.915 bits per heavy atom. The van der Waals surface area contributed by atoms with Crippen molar-refractivity contribution in [3.8, 4) is 33.4 Å². The molecule has 1 heteroatoms. The van der Waals surface area contributed by atoms with Gasteiger partial charge in [0.2, 0.25) is 0 Å². The first-order valence-electron chi connectivity index (χ1n) is 27.5. The van der Waals surface area contributed by atoms with Crippen LogP contribution >= 0.6 is 0 Å². The smallest absolute Gasteiger partial charge is 0.136 e. The molecule has 218 valence electrons. The van der Waals surface area contributed by atoms with E-state index in [4.69, 9.17) is 26.3 Å². The Morgan fingerprint density at radius 3 is 1.66 bits per heavy atom. The van der Waals surface area contributed by atoms with Gasteiger partial charge in [-0.3, -0.25) is 0 Å². The van der Waals surface area contributed by atoms with Crippen LogP contribution in [0.3, 0.4) is 0 Å². The maximum Gasteiger partial charge on any atom is 0.136 e. The maximum atomic E-state index is 9.86. The second-order valence-electron chi connectivity index (χ2n) is 10.3. The molecule has 0 spiro atoms. The lowest BCUT2D eigenvalue weighted by Gasteiger charge is -2.19. The van der Waals surface area contributed by atoms with Gasteiger partial charge in [-0.15, -0.1) is 0 Å². The number of benzene rings is 9. The molecule has 0 amide bonds. The van der Waals surface area contributed by atoms with Crippen LogP contribution in [0.1, 0.15) is 37.0 Å². The van der Waals surface area contributed by atoms with E-state index in [1.54, 1.807) is 0 Å². The summed E-state index contributed by atoms with van der Waals surface area (Å²) in [6.07, 6.45) is 0. The molecule has 1 aromatic heterocycles. The highest BCUT2D eigenvalue weighted by Gasteiger charge is 2.20. The number of hydrogen-bond acceptors (Lipinski definition) is 1. The van der Waals surface area contributed by atoms with Gasteiger partial charge in [0.1, 0.15) is 11.2 Å². The monoisotopic (exact) mass is 623 g/mol. The average molecular weight is 624 g/mol. The summed E-state index contributed by atoms with van der Waals surface area (Å²) in [5.74, 6) is 0. The Labute approximate surface area is 309 Å². The molecule has 0 aliphatic carbocycles. The predicted molar refractivity (Wildman–Crippen MR) is 200 cm³/mol. The van der Waals surface area contributed by atoms with Gasteiger partial charge in [0.15, 0.2) is 0 Å². The first kappa shape index (κ1) is 11.0. The number of rotatable bonds is 3. The van der Waals surface area contributed by atoms with Gasteiger partial charge in [-0.25, -0.2) is 0 Å². The first-order chi connectivity index (χ1) is 34.6. The molecule has 47 heavy (non-hydrogen) atoms. The largest absolute Gasteiger partial charge is 0.456 e. The molecule has 0 bridgehead atoms. The third-order valence-electron chi connectivity index (χ3n) is 7.84. The highest BCUT2D eigenvalue weighted by molar-refractivity contribution is 6.24. The fourth-order valence-corrected chi connectivity index (χ4v) is 5.86. The number of hydrogen-bond donors (Lipinski definition) is 0. The summed E-state index contributed by atoms with van der Waals surface area (Å²) in [5.41, 5.74) is -5.21. The Balaban J connectivity index is 1.51. The van der Waals surface area contributed by atoms with Crippen molar-refractivity contribution in [2.24, 2.45) is 0 Å². The van der Waals surface area contributed by atoms with E-state index >= 15 is 0 Å². The SMILES string of the molecule is [2H]c1cc2c(-c3c4c([2H])c([2H])c([2H])c([2H])c4c(-c4c([2H])c([2H])c5oc6c([2H])c7c([2H])c([2H])c([2H])c([2H])c7c([2H])c6c5c4[2H])c4c([2H])c([2H])c([2H])c([2H])c34)c([2H])c([2H])c(-c3c([2H])c([2H])c([2H])c([2H])c3[2H])c2c([2H])c1[2H]. The fraction of sp³-hybridized carbons (Fsp3) is 0. The van der Waals surface area contributed by atoms with Crippen LogP contribution in [0.5, 0.6) is 0 Å². The van der Waals surface area contributed by atoms with Crippen LogP contribution in [0.4, 0.5) is 0 Å². The van der Waals surface area contributed by atoms with Crippen LogP contribution in [0.2, 0.25) is 0 Å². The van der Waals surface area contributed by atoms with Gasteiger partial charge in [-0.2, -0.15) is 0 Å². The molecular weight excluding hydrogens is 569 g/mol. The van der Waals surface area contributed by atoms with Gasteiger partial charge < -0.3 is 4.42 Å². The topological polar surface area (TPSA) is 13.1 Å².